The first-order chi connectivity index (χ1) is 7.51. The zero-order chi connectivity index (χ0) is 12.0. The molecule has 0 unspecified atom stereocenters. The summed E-state index contributed by atoms with van der Waals surface area (Å²) in [5, 5.41) is 3.18. The summed E-state index contributed by atoms with van der Waals surface area (Å²) in [5.41, 5.74) is 1.16. The Labute approximate surface area is 97.4 Å². The third-order valence-electron chi connectivity index (χ3n) is 2.16. The summed E-state index contributed by atoms with van der Waals surface area (Å²) in [6.45, 7) is 10.9. The van der Waals surface area contributed by atoms with Crippen LogP contribution in [0.5, 0.6) is 6.08 Å². The molecule has 0 bridgehead atoms. The van der Waals surface area contributed by atoms with E-state index in [9.17, 15) is 0 Å². The average molecular weight is 226 g/mol. The van der Waals surface area contributed by atoms with Crippen LogP contribution in [0, 0.1) is 5.41 Å². The highest BCUT2D eigenvalue weighted by Crippen LogP contribution is 2.19. The molecule has 0 aliphatic rings. The van der Waals surface area contributed by atoms with Crippen molar-refractivity contribution in [2.24, 2.45) is 5.41 Å². The fourth-order valence-corrected chi connectivity index (χ4v) is 1.13. The van der Waals surface area contributed by atoms with E-state index >= 15 is 0 Å². The first-order valence-electron chi connectivity index (χ1n) is 5.79. The molecule has 0 aliphatic carbocycles. The predicted molar refractivity (Wildman–Crippen MR) is 63.5 cm³/mol. The predicted octanol–water partition coefficient (Wildman–Crippen LogP) is 2.60. The van der Waals surface area contributed by atoms with Gasteiger partial charge in [-0.25, -0.2) is 0 Å². The monoisotopic (exact) mass is 226 g/mol. The lowest BCUT2D eigenvalue weighted by atomic mass is 9.93. The molecular formula is C12H22N2O2. The molecule has 0 radical (unpaired) electrons. The van der Waals surface area contributed by atoms with Crippen molar-refractivity contribution in [3.8, 4) is 6.08 Å². The van der Waals surface area contributed by atoms with Gasteiger partial charge in [0.1, 0.15) is 6.26 Å². The molecule has 0 atom stereocenters. The maximum atomic E-state index is 5.44. The van der Waals surface area contributed by atoms with Crippen LogP contribution in [-0.2, 0) is 6.54 Å². The van der Waals surface area contributed by atoms with Gasteiger partial charge in [0.05, 0.1) is 12.3 Å². The number of rotatable bonds is 6. The molecule has 1 rings (SSSR count). The summed E-state index contributed by atoms with van der Waals surface area (Å²) in [6.07, 6.45) is 2.99. The summed E-state index contributed by atoms with van der Waals surface area (Å²) < 4.78 is 10.6. The normalized spacial score (nSPS) is 11.8. The smallest absolute Gasteiger partial charge is 0.393 e. The Hall–Kier alpha value is -1.03. The van der Waals surface area contributed by atoms with Crippen LogP contribution in [0.1, 0.15) is 39.8 Å². The van der Waals surface area contributed by atoms with Crippen molar-refractivity contribution < 1.29 is 9.15 Å². The maximum absolute atomic E-state index is 5.44. The van der Waals surface area contributed by atoms with Gasteiger partial charge in [0, 0.05) is 6.54 Å². The Morgan fingerprint density at radius 2 is 2.19 bits per heavy atom. The zero-order valence-corrected chi connectivity index (χ0v) is 10.7. The lowest BCUT2D eigenvalue weighted by Crippen LogP contribution is -2.12. The van der Waals surface area contributed by atoms with Gasteiger partial charge in [-0.3, -0.25) is 0 Å². The van der Waals surface area contributed by atoms with Crippen LogP contribution in [0.2, 0.25) is 0 Å². The van der Waals surface area contributed by atoms with Gasteiger partial charge < -0.3 is 14.5 Å². The van der Waals surface area contributed by atoms with Crippen LogP contribution in [0.4, 0.5) is 0 Å². The van der Waals surface area contributed by atoms with E-state index in [1.807, 2.05) is 0 Å². The number of hydrogen-bond acceptors (Lipinski definition) is 4. The molecule has 92 valence electrons. The van der Waals surface area contributed by atoms with Gasteiger partial charge in [0.25, 0.3) is 0 Å². The summed E-state index contributed by atoms with van der Waals surface area (Å²) in [7, 11) is 0. The van der Waals surface area contributed by atoms with E-state index in [4.69, 9.17) is 9.15 Å². The maximum Gasteiger partial charge on any atom is 0.393 e. The number of nitrogens with zero attached hydrogens (tertiary/aromatic N) is 1. The highest BCUT2D eigenvalue weighted by molar-refractivity contribution is 4.99. The lowest BCUT2D eigenvalue weighted by molar-refractivity contribution is 0.191. The van der Waals surface area contributed by atoms with Crippen molar-refractivity contribution in [3.63, 3.8) is 0 Å². The molecule has 4 heteroatoms. The Morgan fingerprint density at radius 3 is 2.81 bits per heavy atom. The summed E-state index contributed by atoms with van der Waals surface area (Å²) in [4.78, 5) is 4.22. The largest absolute Gasteiger partial charge is 0.450 e. The van der Waals surface area contributed by atoms with Gasteiger partial charge in [-0.2, -0.15) is 4.98 Å². The van der Waals surface area contributed by atoms with Crippen LogP contribution in [-0.4, -0.2) is 18.1 Å². The standard InChI is InChI=1S/C12H22N2O2/c1-5-13-8-10-9-16-11(14-10)15-7-6-12(2,3)4/h9,13H,5-8H2,1-4H3. The van der Waals surface area contributed by atoms with Crippen molar-refractivity contribution in [3.05, 3.63) is 12.0 Å². The van der Waals surface area contributed by atoms with Crippen LogP contribution in [0.3, 0.4) is 0 Å². The van der Waals surface area contributed by atoms with Gasteiger partial charge in [-0.1, -0.05) is 27.7 Å². The number of ether oxygens (including phenoxy) is 1. The molecule has 0 saturated carbocycles. The van der Waals surface area contributed by atoms with Gasteiger partial charge in [0.15, 0.2) is 0 Å². The third kappa shape index (κ3) is 5.16. The Balaban J connectivity index is 2.29. The fourth-order valence-electron chi connectivity index (χ4n) is 1.13. The number of oxazole rings is 1. The van der Waals surface area contributed by atoms with Crippen molar-refractivity contribution in [1.82, 2.24) is 10.3 Å². The molecule has 1 heterocycles. The third-order valence-corrected chi connectivity index (χ3v) is 2.16. The Kier molecular flexibility index (Phi) is 4.80. The molecule has 4 nitrogen and oxygen atoms in total. The molecule has 0 aliphatic heterocycles. The van der Waals surface area contributed by atoms with E-state index in [-0.39, 0.29) is 5.41 Å². The molecule has 1 N–H and O–H groups in total. The molecule has 0 fully saturated rings. The van der Waals surface area contributed by atoms with Gasteiger partial charge >= 0.3 is 6.08 Å². The lowest BCUT2D eigenvalue weighted by Gasteiger charge is -2.16. The fraction of sp³-hybridized carbons (Fsp3) is 0.750. The molecule has 0 amide bonds. The van der Waals surface area contributed by atoms with Crippen molar-refractivity contribution >= 4 is 0 Å². The molecule has 0 saturated heterocycles. The van der Waals surface area contributed by atoms with Crippen molar-refractivity contribution in [1.29, 1.82) is 0 Å². The minimum absolute atomic E-state index is 0.277. The number of nitrogens with one attached hydrogen (secondary N) is 1. The average Bonchev–Trinajstić information content (AvgIpc) is 2.61. The molecule has 1 aromatic rings. The zero-order valence-electron chi connectivity index (χ0n) is 10.7. The quantitative estimate of drug-likeness (QED) is 0.810. The van der Waals surface area contributed by atoms with Crippen LogP contribution >= 0.6 is 0 Å². The van der Waals surface area contributed by atoms with Gasteiger partial charge in [0.2, 0.25) is 0 Å². The van der Waals surface area contributed by atoms with Crippen molar-refractivity contribution in [2.45, 2.75) is 40.7 Å². The molecule has 1 aromatic heterocycles. The van der Waals surface area contributed by atoms with Crippen LogP contribution < -0.4 is 10.1 Å². The van der Waals surface area contributed by atoms with E-state index in [0.29, 0.717) is 12.7 Å². The van der Waals surface area contributed by atoms with Crippen molar-refractivity contribution in [2.75, 3.05) is 13.2 Å². The van der Waals surface area contributed by atoms with E-state index < -0.39 is 0 Å². The Bertz CT molecular complexity index is 302. The van der Waals surface area contributed by atoms with E-state index in [1.165, 1.54) is 0 Å². The SMILES string of the molecule is CCNCc1coc(OCCC(C)(C)C)n1. The topological polar surface area (TPSA) is 47.3 Å². The highest BCUT2D eigenvalue weighted by Gasteiger charge is 2.11. The van der Waals surface area contributed by atoms with E-state index in [2.05, 4.69) is 38.0 Å². The summed E-state index contributed by atoms with van der Waals surface area (Å²) in [5.74, 6) is 0. The first-order valence-corrected chi connectivity index (χ1v) is 5.79. The second kappa shape index (κ2) is 5.89. The second-order valence-corrected chi connectivity index (χ2v) is 5.04. The summed E-state index contributed by atoms with van der Waals surface area (Å²) >= 11 is 0. The van der Waals surface area contributed by atoms with Crippen LogP contribution in [0.15, 0.2) is 10.7 Å². The Morgan fingerprint density at radius 1 is 1.44 bits per heavy atom. The molecular weight excluding hydrogens is 204 g/mol. The molecule has 0 aromatic carbocycles. The number of aromatic nitrogens is 1. The second-order valence-electron chi connectivity index (χ2n) is 5.04. The minimum Gasteiger partial charge on any atom is -0.450 e. The number of hydrogen-bond donors (Lipinski definition) is 1. The highest BCUT2D eigenvalue weighted by atomic mass is 16.6. The first kappa shape index (κ1) is 13.0. The molecule has 0 spiro atoms. The van der Waals surface area contributed by atoms with Gasteiger partial charge in [-0.05, 0) is 18.4 Å². The van der Waals surface area contributed by atoms with Gasteiger partial charge in [-0.15, -0.1) is 0 Å². The van der Waals surface area contributed by atoms with E-state index in [1.54, 1.807) is 6.26 Å². The van der Waals surface area contributed by atoms with Crippen LogP contribution in [0.25, 0.3) is 0 Å². The molecule has 16 heavy (non-hydrogen) atoms. The minimum atomic E-state index is 0.277. The van der Waals surface area contributed by atoms with E-state index in [0.717, 1.165) is 25.2 Å². The summed E-state index contributed by atoms with van der Waals surface area (Å²) in [6, 6.07) is 0.